The summed E-state index contributed by atoms with van der Waals surface area (Å²) in [4.78, 5) is 9.39. The van der Waals surface area contributed by atoms with Gasteiger partial charge in [-0.05, 0) is 45.8 Å². The molecule has 0 unspecified atom stereocenters. The van der Waals surface area contributed by atoms with Gasteiger partial charge >= 0.3 is 0 Å². The van der Waals surface area contributed by atoms with E-state index in [0.717, 1.165) is 31.6 Å². The van der Waals surface area contributed by atoms with Crippen molar-refractivity contribution in [2.75, 3.05) is 13.1 Å². The average Bonchev–Trinajstić information content (AvgIpc) is 2.88. The molecular weight excluding hydrogens is 246 g/mol. The topological polar surface area (TPSA) is 76.4 Å². The van der Waals surface area contributed by atoms with Gasteiger partial charge in [-0.15, -0.1) is 0 Å². The Morgan fingerprint density at radius 1 is 1.58 bits per heavy atom. The number of rotatable bonds is 4. The smallest absolute Gasteiger partial charge is 0.293 e. The zero-order valence-corrected chi connectivity index (χ0v) is 11.6. The third kappa shape index (κ3) is 5.40. The minimum Gasteiger partial charge on any atom is -0.465 e. The van der Waals surface area contributed by atoms with Crippen LogP contribution in [0.2, 0.25) is 0 Å². The number of hydrogen-bond donors (Lipinski definition) is 2. The molecule has 0 aromatic carbocycles. The number of nitrogens with one attached hydrogen (secondary N) is 1. The molecule has 0 aliphatic carbocycles. The van der Waals surface area contributed by atoms with Gasteiger partial charge in [-0.3, -0.25) is 9.48 Å². The van der Waals surface area contributed by atoms with Crippen molar-refractivity contribution < 1.29 is 14.6 Å². The Kier molecular flexibility index (Phi) is 7.14. The van der Waals surface area contributed by atoms with Crippen LogP contribution < -0.4 is 5.32 Å². The number of aliphatic hydroxyl groups is 1. The number of carbonyl (C=O) groups is 1. The van der Waals surface area contributed by atoms with Gasteiger partial charge in [0, 0.05) is 6.20 Å². The summed E-state index contributed by atoms with van der Waals surface area (Å²) in [6.07, 6.45) is 4.00. The highest BCUT2D eigenvalue weighted by Crippen LogP contribution is 2.19. The molecule has 1 aromatic heterocycles. The number of piperidine rings is 1. The van der Waals surface area contributed by atoms with Gasteiger partial charge in [0.05, 0.1) is 24.4 Å². The minimum atomic E-state index is 0.0301. The SMILES string of the molecule is CC(C)OC=O.OCc1ccnn1C1CCNCC1. The Labute approximate surface area is 113 Å². The molecular formula is C13H23N3O3. The molecule has 0 bridgehead atoms. The van der Waals surface area contributed by atoms with Crippen LogP contribution in [0.15, 0.2) is 12.3 Å². The van der Waals surface area contributed by atoms with Gasteiger partial charge in [-0.2, -0.15) is 5.10 Å². The Hall–Kier alpha value is -1.40. The summed E-state index contributed by atoms with van der Waals surface area (Å²) in [5, 5.41) is 16.6. The molecule has 6 nitrogen and oxygen atoms in total. The lowest BCUT2D eigenvalue weighted by atomic mass is 10.1. The van der Waals surface area contributed by atoms with E-state index in [9.17, 15) is 4.79 Å². The predicted octanol–water partition coefficient (Wildman–Crippen LogP) is 0.868. The molecule has 108 valence electrons. The molecule has 2 N–H and O–H groups in total. The lowest BCUT2D eigenvalue weighted by Gasteiger charge is -2.24. The molecule has 0 saturated carbocycles. The van der Waals surface area contributed by atoms with Crippen molar-refractivity contribution in [3.8, 4) is 0 Å². The molecule has 1 saturated heterocycles. The van der Waals surface area contributed by atoms with Crippen LogP contribution in [-0.4, -0.2) is 40.6 Å². The highest BCUT2D eigenvalue weighted by molar-refractivity contribution is 5.37. The fourth-order valence-electron chi connectivity index (χ4n) is 1.96. The van der Waals surface area contributed by atoms with E-state index in [1.165, 1.54) is 0 Å². The Balaban J connectivity index is 0.000000258. The summed E-state index contributed by atoms with van der Waals surface area (Å²) in [5.74, 6) is 0. The fourth-order valence-corrected chi connectivity index (χ4v) is 1.96. The maximum absolute atomic E-state index is 9.39. The Morgan fingerprint density at radius 3 is 2.74 bits per heavy atom. The van der Waals surface area contributed by atoms with Crippen LogP contribution in [-0.2, 0) is 16.1 Å². The quantitative estimate of drug-likeness (QED) is 0.793. The minimum absolute atomic E-state index is 0.0301. The highest BCUT2D eigenvalue weighted by Gasteiger charge is 2.17. The van der Waals surface area contributed by atoms with Crippen molar-refractivity contribution in [3.63, 3.8) is 0 Å². The molecule has 0 amide bonds. The second-order valence-electron chi connectivity index (χ2n) is 4.69. The molecule has 1 fully saturated rings. The van der Waals surface area contributed by atoms with Crippen LogP contribution >= 0.6 is 0 Å². The van der Waals surface area contributed by atoms with Crippen molar-refractivity contribution in [2.45, 2.75) is 45.4 Å². The van der Waals surface area contributed by atoms with E-state index in [1.807, 2.05) is 10.7 Å². The summed E-state index contributed by atoms with van der Waals surface area (Å²) in [5.41, 5.74) is 0.923. The van der Waals surface area contributed by atoms with E-state index in [1.54, 1.807) is 20.0 Å². The first-order valence-corrected chi connectivity index (χ1v) is 6.62. The van der Waals surface area contributed by atoms with E-state index in [2.05, 4.69) is 15.2 Å². The summed E-state index contributed by atoms with van der Waals surface area (Å²) in [6.45, 7) is 6.24. The van der Waals surface area contributed by atoms with E-state index >= 15 is 0 Å². The molecule has 1 aliphatic heterocycles. The molecule has 6 heteroatoms. The van der Waals surface area contributed by atoms with E-state index in [-0.39, 0.29) is 12.7 Å². The third-order valence-corrected chi connectivity index (χ3v) is 2.90. The number of hydrogen-bond acceptors (Lipinski definition) is 5. The van der Waals surface area contributed by atoms with Crippen LogP contribution in [0.5, 0.6) is 0 Å². The number of aromatic nitrogens is 2. The van der Waals surface area contributed by atoms with Gasteiger partial charge < -0.3 is 15.2 Å². The zero-order chi connectivity index (χ0) is 14.1. The number of aliphatic hydroxyl groups excluding tert-OH is 1. The second-order valence-corrected chi connectivity index (χ2v) is 4.69. The molecule has 1 aromatic rings. The van der Waals surface area contributed by atoms with Gasteiger partial charge in [0.1, 0.15) is 0 Å². The maximum Gasteiger partial charge on any atom is 0.293 e. The first-order valence-electron chi connectivity index (χ1n) is 6.62. The Bertz CT molecular complexity index is 360. The summed E-state index contributed by atoms with van der Waals surface area (Å²) >= 11 is 0. The monoisotopic (exact) mass is 269 g/mol. The highest BCUT2D eigenvalue weighted by atomic mass is 16.5. The summed E-state index contributed by atoms with van der Waals surface area (Å²) in [6, 6.07) is 2.35. The van der Waals surface area contributed by atoms with Crippen molar-refractivity contribution in [2.24, 2.45) is 0 Å². The van der Waals surface area contributed by atoms with E-state index in [0.29, 0.717) is 12.5 Å². The van der Waals surface area contributed by atoms with Gasteiger partial charge in [-0.1, -0.05) is 0 Å². The first kappa shape index (κ1) is 15.7. The molecule has 0 spiro atoms. The molecule has 2 rings (SSSR count). The van der Waals surface area contributed by atoms with E-state index in [4.69, 9.17) is 5.11 Å². The van der Waals surface area contributed by atoms with Gasteiger partial charge in [0.25, 0.3) is 6.47 Å². The lowest BCUT2D eigenvalue weighted by Crippen LogP contribution is -2.30. The second kappa shape index (κ2) is 8.66. The van der Waals surface area contributed by atoms with Crippen molar-refractivity contribution in [3.05, 3.63) is 18.0 Å². The summed E-state index contributed by atoms with van der Waals surface area (Å²) < 4.78 is 6.32. The molecule has 1 aliphatic rings. The molecule has 19 heavy (non-hydrogen) atoms. The fraction of sp³-hybridized carbons (Fsp3) is 0.692. The predicted molar refractivity (Wildman–Crippen MR) is 71.6 cm³/mol. The third-order valence-electron chi connectivity index (χ3n) is 2.90. The normalized spacial score (nSPS) is 15.8. The van der Waals surface area contributed by atoms with Crippen LogP contribution in [0.3, 0.4) is 0 Å². The van der Waals surface area contributed by atoms with E-state index < -0.39 is 0 Å². The van der Waals surface area contributed by atoms with Crippen molar-refractivity contribution in [1.82, 2.24) is 15.1 Å². The Morgan fingerprint density at radius 2 is 2.26 bits per heavy atom. The largest absolute Gasteiger partial charge is 0.465 e. The average molecular weight is 269 g/mol. The summed E-state index contributed by atoms with van der Waals surface area (Å²) in [7, 11) is 0. The number of carbonyl (C=O) groups excluding carboxylic acids is 1. The van der Waals surface area contributed by atoms with Crippen LogP contribution in [0.25, 0.3) is 0 Å². The van der Waals surface area contributed by atoms with Crippen LogP contribution in [0, 0.1) is 0 Å². The standard InChI is InChI=1S/C9H15N3O.C4H8O2/c13-7-9-3-6-11-12(9)8-1-4-10-5-2-8;1-4(2)6-3-5/h3,6,8,10,13H,1-2,4-5,7H2;3-4H,1-2H3. The first-order chi connectivity index (χ1) is 9.19. The van der Waals surface area contributed by atoms with Crippen molar-refractivity contribution in [1.29, 1.82) is 0 Å². The number of ether oxygens (including phenoxy) is 1. The van der Waals surface area contributed by atoms with Gasteiger partial charge in [-0.25, -0.2) is 0 Å². The number of nitrogens with zero attached hydrogens (tertiary/aromatic N) is 2. The molecule has 0 radical (unpaired) electrons. The molecule has 2 heterocycles. The van der Waals surface area contributed by atoms with Gasteiger partial charge in [0.15, 0.2) is 0 Å². The van der Waals surface area contributed by atoms with Crippen molar-refractivity contribution >= 4 is 6.47 Å². The molecule has 0 atom stereocenters. The van der Waals surface area contributed by atoms with Crippen LogP contribution in [0.4, 0.5) is 0 Å². The zero-order valence-electron chi connectivity index (χ0n) is 11.6. The van der Waals surface area contributed by atoms with Gasteiger partial charge in [0.2, 0.25) is 0 Å². The van der Waals surface area contributed by atoms with Crippen LogP contribution in [0.1, 0.15) is 38.4 Å². The lowest BCUT2D eigenvalue weighted by molar-refractivity contribution is -0.131. The maximum atomic E-state index is 9.39.